The third-order valence-electron chi connectivity index (χ3n) is 4.57. The predicted molar refractivity (Wildman–Crippen MR) is 99.0 cm³/mol. The zero-order chi connectivity index (χ0) is 19.9. The number of nitrogens with zero attached hydrogens (tertiary/aromatic N) is 1. The zero-order valence-corrected chi connectivity index (χ0v) is 15.8. The highest BCUT2D eigenvalue weighted by molar-refractivity contribution is 5.80. The fourth-order valence-corrected chi connectivity index (χ4v) is 3.23. The lowest BCUT2D eigenvalue weighted by atomic mass is 9.85. The maximum absolute atomic E-state index is 13.0. The molecule has 0 saturated heterocycles. The summed E-state index contributed by atoms with van der Waals surface area (Å²) in [4.78, 5) is 4.47. The molecule has 1 fully saturated rings. The number of rotatable bonds is 6. The van der Waals surface area contributed by atoms with Crippen molar-refractivity contribution < 1.29 is 23.0 Å². The van der Waals surface area contributed by atoms with Gasteiger partial charge >= 0.3 is 6.18 Å². The van der Waals surface area contributed by atoms with Crippen LogP contribution in [0.3, 0.4) is 0 Å². The molecule has 3 N–H and O–H groups in total. The summed E-state index contributed by atoms with van der Waals surface area (Å²) < 4.78 is 44.4. The van der Waals surface area contributed by atoms with E-state index >= 15 is 0 Å². The first kappa shape index (κ1) is 21.2. The molecule has 0 radical (unpaired) electrons. The molecule has 27 heavy (non-hydrogen) atoms. The van der Waals surface area contributed by atoms with Crippen LogP contribution in [0.4, 0.5) is 13.2 Å². The second-order valence-electron chi connectivity index (χ2n) is 6.68. The van der Waals surface area contributed by atoms with Crippen LogP contribution in [0.5, 0.6) is 11.5 Å². The summed E-state index contributed by atoms with van der Waals surface area (Å²) in [5, 5.41) is 16.0. The van der Waals surface area contributed by atoms with Gasteiger partial charge in [-0.25, -0.2) is 4.99 Å². The summed E-state index contributed by atoms with van der Waals surface area (Å²) in [6, 6.07) is 4.75. The molecule has 2 atom stereocenters. The van der Waals surface area contributed by atoms with Crippen LogP contribution >= 0.6 is 0 Å². The van der Waals surface area contributed by atoms with Crippen molar-refractivity contribution in [3.8, 4) is 11.5 Å². The van der Waals surface area contributed by atoms with Gasteiger partial charge in [0.05, 0.1) is 19.1 Å². The first-order chi connectivity index (χ1) is 12.8. The van der Waals surface area contributed by atoms with Crippen molar-refractivity contribution in [2.45, 2.75) is 58.3 Å². The molecule has 2 rings (SSSR count). The van der Waals surface area contributed by atoms with E-state index in [1.807, 2.05) is 13.8 Å². The number of hydrogen-bond acceptors (Lipinski definition) is 3. The molecule has 0 bridgehead atoms. The molecule has 1 aliphatic carbocycles. The van der Waals surface area contributed by atoms with Crippen molar-refractivity contribution in [2.75, 3.05) is 13.2 Å². The third kappa shape index (κ3) is 6.52. The van der Waals surface area contributed by atoms with Crippen molar-refractivity contribution in [3.05, 3.63) is 23.8 Å². The second kappa shape index (κ2) is 9.71. The van der Waals surface area contributed by atoms with Crippen LogP contribution < -0.4 is 15.4 Å². The standard InChI is InChI=1S/C19H28F3N3O2/c1-3-23-18(25-15-7-5-6-14(11-15)19(20,21)22)24-12-13-8-9-16(26)17(10-13)27-4-2/h8-10,14-15,26H,3-7,11-12H2,1-2H3,(H2,23,24,25). The van der Waals surface area contributed by atoms with Crippen molar-refractivity contribution in [2.24, 2.45) is 10.9 Å². The molecule has 0 heterocycles. The Labute approximate surface area is 158 Å². The molecule has 0 aliphatic heterocycles. The monoisotopic (exact) mass is 387 g/mol. The number of phenols is 1. The van der Waals surface area contributed by atoms with Crippen LogP contribution in [0.15, 0.2) is 23.2 Å². The number of alkyl halides is 3. The smallest absolute Gasteiger partial charge is 0.391 e. The van der Waals surface area contributed by atoms with E-state index in [2.05, 4.69) is 15.6 Å². The second-order valence-corrected chi connectivity index (χ2v) is 6.68. The molecule has 1 saturated carbocycles. The van der Waals surface area contributed by atoms with E-state index in [9.17, 15) is 18.3 Å². The molecule has 0 spiro atoms. The lowest BCUT2D eigenvalue weighted by molar-refractivity contribution is -0.183. The van der Waals surface area contributed by atoms with Gasteiger partial charge in [-0.3, -0.25) is 0 Å². The van der Waals surface area contributed by atoms with Crippen molar-refractivity contribution in [1.29, 1.82) is 0 Å². The Morgan fingerprint density at radius 3 is 2.74 bits per heavy atom. The Morgan fingerprint density at radius 1 is 1.30 bits per heavy atom. The molecule has 1 aromatic rings. The number of phenolic OH excluding ortho intramolecular Hbond substituents is 1. The highest BCUT2D eigenvalue weighted by Gasteiger charge is 2.42. The molecule has 1 aromatic carbocycles. The highest BCUT2D eigenvalue weighted by Crippen LogP contribution is 2.37. The molecule has 1 aliphatic rings. The molecule has 0 amide bonds. The fraction of sp³-hybridized carbons (Fsp3) is 0.632. The van der Waals surface area contributed by atoms with Gasteiger partial charge in [-0.2, -0.15) is 13.2 Å². The number of halogens is 3. The molecule has 152 valence electrons. The minimum atomic E-state index is -4.14. The zero-order valence-electron chi connectivity index (χ0n) is 15.8. The Morgan fingerprint density at radius 2 is 2.07 bits per heavy atom. The summed E-state index contributed by atoms with van der Waals surface area (Å²) >= 11 is 0. The van der Waals surface area contributed by atoms with Gasteiger partial charge in [0.15, 0.2) is 17.5 Å². The van der Waals surface area contributed by atoms with Gasteiger partial charge in [0.2, 0.25) is 0 Å². The number of aromatic hydroxyl groups is 1. The molecular formula is C19H28F3N3O2. The summed E-state index contributed by atoms with van der Waals surface area (Å²) in [5.74, 6) is -0.299. The van der Waals surface area contributed by atoms with Crippen molar-refractivity contribution >= 4 is 5.96 Å². The first-order valence-electron chi connectivity index (χ1n) is 9.39. The van der Waals surface area contributed by atoms with E-state index in [1.54, 1.807) is 18.2 Å². The molecular weight excluding hydrogens is 359 g/mol. The van der Waals surface area contributed by atoms with Gasteiger partial charge in [0, 0.05) is 12.6 Å². The van der Waals surface area contributed by atoms with Crippen molar-refractivity contribution in [3.63, 3.8) is 0 Å². The lowest BCUT2D eigenvalue weighted by Crippen LogP contribution is -2.46. The Hall–Kier alpha value is -2.12. The van der Waals surface area contributed by atoms with Crippen LogP contribution in [0, 0.1) is 5.92 Å². The number of benzene rings is 1. The maximum atomic E-state index is 13.0. The van der Waals surface area contributed by atoms with Crippen LogP contribution in [-0.2, 0) is 6.54 Å². The minimum absolute atomic E-state index is 0.0648. The van der Waals surface area contributed by atoms with Gasteiger partial charge in [-0.15, -0.1) is 0 Å². The number of nitrogens with one attached hydrogen (secondary N) is 2. The lowest BCUT2D eigenvalue weighted by Gasteiger charge is -2.31. The average molecular weight is 387 g/mol. The fourth-order valence-electron chi connectivity index (χ4n) is 3.23. The van der Waals surface area contributed by atoms with Gasteiger partial charge in [0.25, 0.3) is 0 Å². The quantitative estimate of drug-likeness (QED) is 0.511. The average Bonchev–Trinajstić information content (AvgIpc) is 2.62. The number of aliphatic imine (C=N–C) groups is 1. The predicted octanol–water partition coefficient (Wildman–Crippen LogP) is 3.97. The molecule has 5 nitrogen and oxygen atoms in total. The summed E-state index contributed by atoms with van der Waals surface area (Å²) in [6.07, 6.45) is -2.62. The topological polar surface area (TPSA) is 65.9 Å². The third-order valence-corrected chi connectivity index (χ3v) is 4.57. The highest BCUT2D eigenvalue weighted by atomic mass is 19.4. The summed E-state index contributed by atoms with van der Waals surface area (Å²) in [7, 11) is 0. The van der Waals surface area contributed by atoms with E-state index < -0.39 is 12.1 Å². The van der Waals surface area contributed by atoms with E-state index in [-0.39, 0.29) is 24.6 Å². The number of ether oxygens (including phenoxy) is 1. The van der Waals surface area contributed by atoms with E-state index in [1.165, 1.54) is 0 Å². The number of hydrogen-bond donors (Lipinski definition) is 3. The van der Waals surface area contributed by atoms with E-state index in [4.69, 9.17) is 4.74 Å². The van der Waals surface area contributed by atoms with Crippen LogP contribution in [0.2, 0.25) is 0 Å². The molecule has 2 unspecified atom stereocenters. The van der Waals surface area contributed by atoms with E-state index in [0.717, 1.165) is 5.56 Å². The van der Waals surface area contributed by atoms with Crippen LogP contribution in [-0.4, -0.2) is 36.4 Å². The normalized spacial score (nSPS) is 21.0. The van der Waals surface area contributed by atoms with Gasteiger partial charge in [0.1, 0.15) is 0 Å². The van der Waals surface area contributed by atoms with Gasteiger partial charge in [-0.1, -0.05) is 12.5 Å². The van der Waals surface area contributed by atoms with Crippen molar-refractivity contribution in [1.82, 2.24) is 10.6 Å². The van der Waals surface area contributed by atoms with E-state index in [0.29, 0.717) is 44.2 Å². The Kier molecular flexibility index (Phi) is 7.62. The molecule has 0 aromatic heterocycles. The molecule has 8 heteroatoms. The SMILES string of the molecule is CCNC(=NCc1ccc(O)c(OCC)c1)NC1CCCC(C(F)(F)F)C1. The summed E-state index contributed by atoms with van der Waals surface area (Å²) in [5.41, 5.74) is 0.838. The first-order valence-corrected chi connectivity index (χ1v) is 9.39. The number of guanidine groups is 1. The van der Waals surface area contributed by atoms with Gasteiger partial charge < -0.3 is 20.5 Å². The maximum Gasteiger partial charge on any atom is 0.391 e. The Balaban J connectivity index is 2.03. The largest absolute Gasteiger partial charge is 0.504 e. The minimum Gasteiger partial charge on any atom is -0.504 e. The van der Waals surface area contributed by atoms with Gasteiger partial charge in [-0.05, 0) is 50.8 Å². The van der Waals surface area contributed by atoms with Crippen LogP contribution in [0.25, 0.3) is 0 Å². The Bertz CT molecular complexity index is 635. The summed E-state index contributed by atoms with van der Waals surface area (Å²) in [6.45, 7) is 5.11. The van der Waals surface area contributed by atoms with Crippen LogP contribution in [0.1, 0.15) is 45.1 Å².